The fourth-order valence-electron chi connectivity index (χ4n) is 2.92. The van der Waals surface area contributed by atoms with Crippen molar-refractivity contribution >= 4 is 56.9 Å². The predicted octanol–water partition coefficient (Wildman–Crippen LogP) is 6.12. The van der Waals surface area contributed by atoms with Crippen LogP contribution in [-0.4, -0.2) is 10.1 Å². The molecular weight excluding hydrogens is 400 g/mol. The number of nitrogens with zero attached hydrogens (tertiary/aromatic N) is 1. The fourth-order valence-corrected chi connectivity index (χ4v) is 3.23. The van der Waals surface area contributed by atoms with E-state index in [9.17, 15) is 0 Å². The number of hydrogen-bond acceptors (Lipinski definition) is 3. The topological polar surface area (TPSA) is 49.0 Å². The summed E-state index contributed by atoms with van der Waals surface area (Å²) in [6.45, 7) is 0.623. The van der Waals surface area contributed by atoms with Crippen LogP contribution in [0.15, 0.2) is 85.1 Å². The molecule has 0 spiro atoms. The second-order valence-corrected chi connectivity index (χ2v) is 7.40. The standard InChI is InChI=1S/C23H19ClN4S/c24-19-8-5-16(6-9-19)14-26-23(29)28-21-11-12-22(25-15-21)27-20-10-7-17-3-1-2-4-18(17)13-20/h1-13,15H,14H2,(H,25,27)(H2,26,28,29). The van der Waals surface area contributed by atoms with Crippen LogP contribution < -0.4 is 16.0 Å². The van der Waals surface area contributed by atoms with Gasteiger partial charge in [-0.15, -0.1) is 0 Å². The van der Waals surface area contributed by atoms with Crippen molar-refractivity contribution in [3.05, 3.63) is 95.6 Å². The van der Waals surface area contributed by atoms with Gasteiger partial charge in [-0.05, 0) is 65.0 Å². The molecule has 4 rings (SSSR count). The number of hydrogen-bond donors (Lipinski definition) is 3. The largest absolute Gasteiger partial charge is 0.358 e. The molecule has 144 valence electrons. The number of halogens is 1. The van der Waals surface area contributed by atoms with Gasteiger partial charge in [0.1, 0.15) is 5.82 Å². The van der Waals surface area contributed by atoms with Gasteiger partial charge in [-0.2, -0.15) is 0 Å². The molecule has 0 bridgehead atoms. The molecule has 0 aliphatic heterocycles. The molecular formula is C23H19ClN4S. The molecule has 1 aromatic heterocycles. The molecule has 3 aromatic carbocycles. The monoisotopic (exact) mass is 418 g/mol. The second kappa shape index (κ2) is 8.90. The lowest BCUT2D eigenvalue weighted by atomic mass is 10.1. The summed E-state index contributed by atoms with van der Waals surface area (Å²) in [7, 11) is 0. The highest BCUT2D eigenvalue weighted by Gasteiger charge is 2.02. The van der Waals surface area contributed by atoms with Crippen LogP contribution in [0.4, 0.5) is 17.2 Å². The first kappa shape index (κ1) is 19.2. The van der Waals surface area contributed by atoms with Gasteiger partial charge >= 0.3 is 0 Å². The van der Waals surface area contributed by atoms with E-state index in [1.54, 1.807) is 6.20 Å². The maximum atomic E-state index is 5.90. The smallest absolute Gasteiger partial charge is 0.171 e. The SMILES string of the molecule is S=C(NCc1ccc(Cl)cc1)Nc1ccc(Nc2ccc3ccccc3c2)nc1. The lowest BCUT2D eigenvalue weighted by Gasteiger charge is -2.11. The van der Waals surface area contributed by atoms with Crippen molar-refractivity contribution in [2.24, 2.45) is 0 Å². The third-order valence-electron chi connectivity index (χ3n) is 4.41. The van der Waals surface area contributed by atoms with Crippen LogP contribution in [-0.2, 0) is 6.54 Å². The molecule has 0 aliphatic carbocycles. The van der Waals surface area contributed by atoms with Crippen molar-refractivity contribution in [2.45, 2.75) is 6.54 Å². The quantitative estimate of drug-likeness (QED) is 0.341. The molecule has 3 N–H and O–H groups in total. The van der Waals surface area contributed by atoms with Gasteiger partial charge in [0, 0.05) is 17.3 Å². The van der Waals surface area contributed by atoms with E-state index in [1.807, 2.05) is 54.6 Å². The average molecular weight is 419 g/mol. The average Bonchev–Trinajstić information content (AvgIpc) is 2.75. The summed E-state index contributed by atoms with van der Waals surface area (Å²) in [4.78, 5) is 4.46. The molecule has 4 aromatic rings. The van der Waals surface area contributed by atoms with Crippen molar-refractivity contribution in [1.29, 1.82) is 0 Å². The molecule has 4 nitrogen and oxygen atoms in total. The predicted molar refractivity (Wildman–Crippen MR) is 126 cm³/mol. The zero-order chi connectivity index (χ0) is 20.1. The Bertz CT molecular complexity index is 1130. The summed E-state index contributed by atoms with van der Waals surface area (Å²) < 4.78 is 0. The van der Waals surface area contributed by atoms with E-state index in [2.05, 4.69) is 45.2 Å². The van der Waals surface area contributed by atoms with Gasteiger partial charge in [-0.3, -0.25) is 0 Å². The minimum absolute atomic E-state index is 0.539. The van der Waals surface area contributed by atoms with Gasteiger partial charge in [0.05, 0.1) is 11.9 Å². The minimum atomic E-state index is 0.539. The lowest BCUT2D eigenvalue weighted by molar-refractivity contribution is 0.926. The Hall–Kier alpha value is -3.15. The lowest BCUT2D eigenvalue weighted by Crippen LogP contribution is -2.27. The highest BCUT2D eigenvalue weighted by Crippen LogP contribution is 2.22. The van der Waals surface area contributed by atoms with Crippen LogP contribution in [0.3, 0.4) is 0 Å². The van der Waals surface area contributed by atoms with E-state index in [-0.39, 0.29) is 0 Å². The molecule has 1 heterocycles. The summed E-state index contributed by atoms with van der Waals surface area (Å²) in [5, 5.41) is 13.3. The Labute approximate surface area is 179 Å². The van der Waals surface area contributed by atoms with Crippen LogP contribution >= 0.6 is 23.8 Å². The van der Waals surface area contributed by atoms with Gasteiger partial charge < -0.3 is 16.0 Å². The summed E-state index contributed by atoms with van der Waals surface area (Å²) in [5.41, 5.74) is 2.92. The molecule has 0 amide bonds. The molecule has 0 aliphatic rings. The number of rotatable bonds is 5. The van der Waals surface area contributed by atoms with Gasteiger partial charge in [-0.1, -0.05) is 54.1 Å². The molecule has 0 unspecified atom stereocenters. The van der Waals surface area contributed by atoms with Crippen LogP contribution in [0, 0.1) is 0 Å². The summed E-state index contributed by atoms with van der Waals surface area (Å²) >= 11 is 11.3. The molecule has 0 atom stereocenters. The summed E-state index contributed by atoms with van der Waals surface area (Å²) in [6.07, 6.45) is 1.75. The number of aromatic nitrogens is 1. The van der Waals surface area contributed by atoms with Crippen LogP contribution in [0.5, 0.6) is 0 Å². The fraction of sp³-hybridized carbons (Fsp3) is 0.0435. The maximum absolute atomic E-state index is 5.90. The van der Waals surface area contributed by atoms with Gasteiger partial charge in [0.15, 0.2) is 5.11 Å². The highest BCUT2D eigenvalue weighted by atomic mass is 35.5. The number of benzene rings is 3. The molecule has 0 saturated heterocycles. The first-order valence-electron chi connectivity index (χ1n) is 9.17. The zero-order valence-corrected chi connectivity index (χ0v) is 17.1. The van der Waals surface area contributed by atoms with Crippen molar-refractivity contribution in [3.63, 3.8) is 0 Å². The van der Waals surface area contributed by atoms with Gasteiger partial charge in [0.2, 0.25) is 0 Å². The Morgan fingerprint density at radius 1 is 0.862 bits per heavy atom. The van der Waals surface area contributed by atoms with Crippen molar-refractivity contribution in [2.75, 3.05) is 10.6 Å². The third kappa shape index (κ3) is 5.22. The summed E-state index contributed by atoms with van der Waals surface area (Å²) in [6, 6.07) is 26.0. The molecule has 6 heteroatoms. The molecule has 0 radical (unpaired) electrons. The third-order valence-corrected chi connectivity index (χ3v) is 4.91. The van der Waals surface area contributed by atoms with E-state index in [0.29, 0.717) is 11.7 Å². The first-order valence-corrected chi connectivity index (χ1v) is 9.95. The van der Waals surface area contributed by atoms with Gasteiger partial charge in [-0.25, -0.2) is 4.98 Å². The number of fused-ring (bicyclic) bond motifs is 1. The molecule has 0 fully saturated rings. The zero-order valence-electron chi connectivity index (χ0n) is 15.5. The van der Waals surface area contributed by atoms with Crippen LogP contribution in [0.25, 0.3) is 10.8 Å². The van der Waals surface area contributed by atoms with E-state index >= 15 is 0 Å². The highest BCUT2D eigenvalue weighted by molar-refractivity contribution is 7.80. The Balaban J connectivity index is 1.33. The number of thiocarbonyl (C=S) groups is 1. The Morgan fingerprint density at radius 2 is 1.62 bits per heavy atom. The molecule has 29 heavy (non-hydrogen) atoms. The van der Waals surface area contributed by atoms with Gasteiger partial charge in [0.25, 0.3) is 0 Å². The van der Waals surface area contributed by atoms with E-state index < -0.39 is 0 Å². The van der Waals surface area contributed by atoms with E-state index in [1.165, 1.54) is 10.8 Å². The van der Waals surface area contributed by atoms with Crippen LogP contribution in [0.2, 0.25) is 5.02 Å². The normalized spacial score (nSPS) is 10.5. The van der Waals surface area contributed by atoms with E-state index in [0.717, 1.165) is 27.8 Å². The van der Waals surface area contributed by atoms with Crippen LogP contribution in [0.1, 0.15) is 5.56 Å². The van der Waals surface area contributed by atoms with E-state index in [4.69, 9.17) is 23.8 Å². The Morgan fingerprint density at radius 3 is 2.38 bits per heavy atom. The van der Waals surface area contributed by atoms with Crippen molar-refractivity contribution in [3.8, 4) is 0 Å². The number of nitrogens with one attached hydrogen (secondary N) is 3. The van der Waals surface area contributed by atoms with Crippen molar-refractivity contribution < 1.29 is 0 Å². The Kier molecular flexibility index (Phi) is 5.89. The minimum Gasteiger partial charge on any atom is -0.358 e. The number of pyridine rings is 1. The first-order chi connectivity index (χ1) is 14.2. The summed E-state index contributed by atoms with van der Waals surface area (Å²) in [5.74, 6) is 0.769. The van der Waals surface area contributed by atoms with Crippen molar-refractivity contribution in [1.82, 2.24) is 10.3 Å². The second-order valence-electron chi connectivity index (χ2n) is 6.55. The number of anilines is 3. The molecule has 0 saturated carbocycles. The maximum Gasteiger partial charge on any atom is 0.171 e.